The van der Waals surface area contributed by atoms with Crippen molar-refractivity contribution in [3.63, 3.8) is 0 Å². The molecule has 2 rings (SSSR count). The van der Waals surface area contributed by atoms with Crippen molar-refractivity contribution < 1.29 is 27.9 Å². The lowest BCUT2D eigenvalue weighted by Crippen LogP contribution is -2.37. The minimum absolute atomic E-state index is 0.0991. The molecule has 1 heterocycles. The van der Waals surface area contributed by atoms with Gasteiger partial charge in [0.25, 0.3) is 0 Å². The second-order valence-electron chi connectivity index (χ2n) is 6.28. The number of carboxylic acid groups (broad SMARTS) is 1. The van der Waals surface area contributed by atoms with E-state index >= 15 is 0 Å². The Morgan fingerprint density at radius 2 is 2.08 bits per heavy atom. The third kappa shape index (κ3) is 4.62. The molecule has 0 radical (unpaired) electrons. The van der Waals surface area contributed by atoms with Crippen LogP contribution in [0.2, 0.25) is 0 Å². The molecule has 8 heteroatoms. The van der Waals surface area contributed by atoms with Gasteiger partial charge in [-0.05, 0) is 37.5 Å². The van der Waals surface area contributed by atoms with Gasteiger partial charge in [-0.1, -0.05) is 12.1 Å². The fourth-order valence-electron chi connectivity index (χ4n) is 2.60. The summed E-state index contributed by atoms with van der Waals surface area (Å²) in [5.41, 5.74) is -0.100. The lowest BCUT2D eigenvalue weighted by Gasteiger charge is -2.20. The summed E-state index contributed by atoms with van der Waals surface area (Å²) < 4.78 is 36.8. The number of aryl methyl sites for hydroxylation is 1. The van der Waals surface area contributed by atoms with Gasteiger partial charge in [-0.2, -0.15) is 13.2 Å². The van der Waals surface area contributed by atoms with Crippen molar-refractivity contribution in [1.82, 2.24) is 4.90 Å². The molecule has 0 saturated carbocycles. The van der Waals surface area contributed by atoms with E-state index in [0.29, 0.717) is 24.2 Å². The zero-order valence-electron chi connectivity index (χ0n) is 13.2. The van der Waals surface area contributed by atoms with Crippen LogP contribution in [-0.4, -0.2) is 41.3 Å². The quantitative estimate of drug-likeness (QED) is 0.878. The summed E-state index contributed by atoms with van der Waals surface area (Å²) in [4.78, 5) is 24.8. The summed E-state index contributed by atoms with van der Waals surface area (Å²) in [7, 11) is 0. The molecule has 1 aliphatic heterocycles. The Bertz CT molecular complexity index is 633. The first kappa shape index (κ1) is 18.1. The number of hydrogen-bond acceptors (Lipinski definition) is 2. The molecule has 0 aliphatic carbocycles. The number of nitrogens with one attached hydrogen (secondary N) is 1. The van der Waals surface area contributed by atoms with E-state index in [9.17, 15) is 27.9 Å². The minimum atomic E-state index is -4.23. The first-order valence-electron chi connectivity index (χ1n) is 7.54. The van der Waals surface area contributed by atoms with Gasteiger partial charge in [0.15, 0.2) is 0 Å². The number of rotatable bonds is 4. The van der Waals surface area contributed by atoms with Crippen molar-refractivity contribution in [2.45, 2.75) is 32.4 Å². The van der Waals surface area contributed by atoms with Crippen molar-refractivity contribution in [3.05, 3.63) is 29.8 Å². The highest BCUT2D eigenvalue weighted by atomic mass is 19.4. The average Bonchev–Trinajstić information content (AvgIpc) is 2.89. The molecule has 1 unspecified atom stereocenters. The van der Waals surface area contributed by atoms with Crippen molar-refractivity contribution in [2.24, 2.45) is 5.41 Å². The fraction of sp³-hybridized carbons (Fsp3) is 0.500. The molecule has 1 aromatic rings. The third-order valence-electron chi connectivity index (χ3n) is 4.15. The first-order valence-corrected chi connectivity index (χ1v) is 7.54. The number of amides is 2. The van der Waals surface area contributed by atoms with Crippen LogP contribution in [0, 0.1) is 5.41 Å². The number of anilines is 1. The molecule has 2 N–H and O–H groups in total. The zero-order valence-corrected chi connectivity index (χ0v) is 13.2. The number of benzene rings is 1. The Kier molecular flexibility index (Phi) is 5.05. The number of hydrogen-bond donors (Lipinski definition) is 2. The molecule has 0 aromatic heterocycles. The van der Waals surface area contributed by atoms with Gasteiger partial charge in [0.1, 0.15) is 0 Å². The maximum absolute atomic E-state index is 12.3. The van der Waals surface area contributed by atoms with E-state index in [2.05, 4.69) is 5.32 Å². The molecule has 24 heavy (non-hydrogen) atoms. The monoisotopic (exact) mass is 344 g/mol. The van der Waals surface area contributed by atoms with Crippen LogP contribution in [0.25, 0.3) is 0 Å². The minimum Gasteiger partial charge on any atom is -0.481 e. The van der Waals surface area contributed by atoms with Crippen LogP contribution in [0.15, 0.2) is 24.3 Å². The number of halogens is 3. The maximum Gasteiger partial charge on any atom is 0.389 e. The SMILES string of the molecule is CC1(C(=O)O)CCN(C(=O)Nc2cccc(CCC(F)(F)F)c2)C1. The summed E-state index contributed by atoms with van der Waals surface area (Å²) in [5, 5.41) is 11.8. The fourth-order valence-corrected chi connectivity index (χ4v) is 2.60. The summed E-state index contributed by atoms with van der Waals surface area (Å²) in [6.45, 7) is 2.00. The molecule has 0 spiro atoms. The van der Waals surface area contributed by atoms with Crippen LogP contribution < -0.4 is 5.32 Å². The highest BCUT2D eigenvalue weighted by Crippen LogP contribution is 2.30. The van der Waals surface area contributed by atoms with E-state index in [4.69, 9.17) is 0 Å². The number of carbonyl (C=O) groups is 2. The van der Waals surface area contributed by atoms with Gasteiger partial charge < -0.3 is 15.3 Å². The number of alkyl halides is 3. The van der Waals surface area contributed by atoms with Crippen molar-refractivity contribution in [1.29, 1.82) is 0 Å². The van der Waals surface area contributed by atoms with Crippen LogP contribution in [0.5, 0.6) is 0 Å². The van der Waals surface area contributed by atoms with Gasteiger partial charge >= 0.3 is 18.2 Å². The summed E-state index contributed by atoms with van der Waals surface area (Å²) in [6, 6.07) is 5.77. The molecule has 1 aromatic carbocycles. The average molecular weight is 344 g/mol. The van der Waals surface area contributed by atoms with Crippen LogP contribution in [0.1, 0.15) is 25.3 Å². The Morgan fingerprint density at radius 3 is 2.67 bits per heavy atom. The smallest absolute Gasteiger partial charge is 0.389 e. The van der Waals surface area contributed by atoms with E-state index in [0.717, 1.165) is 0 Å². The molecule has 0 bridgehead atoms. The molecular weight excluding hydrogens is 325 g/mol. The standard InChI is InChI=1S/C16H19F3N2O3/c1-15(13(22)23)7-8-21(10-15)14(24)20-12-4-2-3-11(9-12)5-6-16(17,18)19/h2-4,9H,5-8,10H2,1H3,(H,20,24)(H,22,23). The normalized spacial score (nSPS) is 20.9. The maximum atomic E-state index is 12.3. The highest BCUT2D eigenvalue weighted by Gasteiger charge is 2.42. The van der Waals surface area contributed by atoms with Gasteiger partial charge in [-0.25, -0.2) is 4.79 Å². The van der Waals surface area contributed by atoms with E-state index < -0.39 is 30.0 Å². The summed E-state index contributed by atoms with van der Waals surface area (Å²) >= 11 is 0. The zero-order chi connectivity index (χ0) is 18.0. The van der Waals surface area contributed by atoms with E-state index in [1.165, 1.54) is 11.0 Å². The summed E-state index contributed by atoms with van der Waals surface area (Å²) in [5.74, 6) is -0.952. The van der Waals surface area contributed by atoms with Gasteiger partial charge in [0, 0.05) is 25.2 Å². The topological polar surface area (TPSA) is 69.6 Å². The van der Waals surface area contributed by atoms with Crippen molar-refractivity contribution in [2.75, 3.05) is 18.4 Å². The number of carbonyl (C=O) groups excluding carboxylic acids is 1. The number of carboxylic acids is 1. The van der Waals surface area contributed by atoms with Gasteiger partial charge in [0.05, 0.1) is 5.41 Å². The van der Waals surface area contributed by atoms with Crippen molar-refractivity contribution in [3.8, 4) is 0 Å². The predicted octanol–water partition coefficient (Wildman–Crippen LogP) is 3.51. The molecule has 1 fully saturated rings. The Morgan fingerprint density at radius 1 is 1.38 bits per heavy atom. The molecule has 1 saturated heterocycles. The first-order chi connectivity index (χ1) is 11.1. The molecule has 132 valence electrons. The van der Waals surface area contributed by atoms with E-state index in [-0.39, 0.29) is 13.0 Å². The van der Waals surface area contributed by atoms with Crippen LogP contribution in [0.4, 0.5) is 23.7 Å². The number of likely N-dealkylation sites (tertiary alicyclic amines) is 1. The number of nitrogens with zero attached hydrogens (tertiary/aromatic N) is 1. The van der Waals surface area contributed by atoms with E-state index in [1.54, 1.807) is 25.1 Å². The Labute approximate surface area is 137 Å². The number of urea groups is 1. The second-order valence-corrected chi connectivity index (χ2v) is 6.28. The van der Waals surface area contributed by atoms with E-state index in [1.807, 2.05) is 0 Å². The van der Waals surface area contributed by atoms with Crippen LogP contribution in [0.3, 0.4) is 0 Å². The molecule has 1 atom stereocenters. The molecular formula is C16H19F3N2O3. The molecule has 5 nitrogen and oxygen atoms in total. The lowest BCUT2D eigenvalue weighted by molar-refractivity contribution is -0.147. The van der Waals surface area contributed by atoms with Crippen LogP contribution in [-0.2, 0) is 11.2 Å². The highest BCUT2D eigenvalue weighted by molar-refractivity contribution is 5.90. The largest absolute Gasteiger partial charge is 0.481 e. The third-order valence-corrected chi connectivity index (χ3v) is 4.15. The summed E-state index contributed by atoms with van der Waals surface area (Å²) in [6.07, 6.45) is -4.95. The number of aliphatic carboxylic acids is 1. The lowest BCUT2D eigenvalue weighted by atomic mass is 9.90. The van der Waals surface area contributed by atoms with Gasteiger partial charge in [-0.3, -0.25) is 4.79 Å². The molecule has 1 aliphatic rings. The van der Waals surface area contributed by atoms with Crippen molar-refractivity contribution >= 4 is 17.7 Å². The Hall–Kier alpha value is -2.25. The van der Waals surface area contributed by atoms with Gasteiger partial charge in [-0.15, -0.1) is 0 Å². The predicted molar refractivity (Wildman–Crippen MR) is 81.8 cm³/mol. The molecule has 2 amide bonds. The Balaban J connectivity index is 1.96. The van der Waals surface area contributed by atoms with Gasteiger partial charge in [0.2, 0.25) is 0 Å². The second kappa shape index (κ2) is 6.70. The van der Waals surface area contributed by atoms with Crippen LogP contribution >= 0.6 is 0 Å².